The highest BCUT2D eigenvalue weighted by Gasteiger charge is 2.36. The van der Waals surface area contributed by atoms with Crippen molar-refractivity contribution in [3.63, 3.8) is 0 Å². The molecule has 1 N–H and O–H groups in total. The molecule has 32 heavy (non-hydrogen) atoms. The quantitative estimate of drug-likeness (QED) is 0.785. The van der Waals surface area contributed by atoms with Crippen LogP contribution in [0.5, 0.6) is 0 Å². The van der Waals surface area contributed by atoms with E-state index in [4.69, 9.17) is 0 Å². The molecule has 2 aromatic carbocycles. The second kappa shape index (κ2) is 8.29. The molecule has 2 aliphatic heterocycles. The van der Waals surface area contributed by atoms with Crippen LogP contribution in [0.4, 0.5) is 24.5 Å². The van der Waals surface area contributed by atoms with Crippen molar-refractivity contribution in [2.24, 2.45) is 5.92 Å². The Bertz CT molecular complexity index is 1080. The van der Waals surface area contributed by atoms with E-state index in [0.717, 1.165) is 23.4 Å². The summed E-state index contributed by atoms with van der Waals surface area (Å²) in [6.45, 7) is 2.26. The van der Waals surface area contributed by atoms with Crippen LogP contribution in [0.1, 0.15) is 30.0 Å². The van der Waals surface area contributed by atoms with Crippen LogP contribution in [0.15, 0.2) is 42.5 Å². The zero-order valence-electron chi connectivity index (χ0n) is 17.4. The van der Waals surface area contributed by atoms with Crippen molar-refractivity contribution in [3.8, 4) is 0 Å². The molecular weight excluding hydrogens is 423 g/mol. The number of benzene rings is 2. The van der Waals surface area contributed by atoms with Gasteiger partial charge in [-0.3, -0.25) is 14.4 Å². The molecule has 0 bridgehead atoms. The van der Waals surface area contributed by atoms with Crippen molar-refractivity contribution in [2.75, 3.05) is 22.9 Å². The first kappa shape index (κ1) is 21.9. The van der Waals surface area contributed by atoms with Gasteiger partial charge < -0.3 is 15.1 Å². The van der Waals surface area contributed by atoms with E-state index in [9.17, 15) is 27.6 Å². The molecule has 6 nitrogen and oxygen atoms in total. The summed E-state index contributed by atoms with van der Waals surface area (Å²) in [4.78, 5) is 40.1. The minimum atomic E-state index is -4.45. The van der Waals surface area contributed by atoms with Crippen LogP contribution in [-0.4, -0.2) is 30.8 Å². The van der Waals surface area contributed by atoms with E-state index in [1.807, 2.05) is 12.1 Å². The summed E-state index contributed by atoms with van der Waals surface area (Å²) in [6.07, 6.45) is -3.72. The number of halogens is 3. The first-order valence-electron chi connectivity index (χ1n) is 10.3. The Morgan fingerprint density at radius 1 is 1.16 bits per heavy atom. The van der Waals surface area contributed by atoms with Gasteiger partial charge in [0.25, 0.3) is 0 Å². The molecule has 2 aliphatic rings. The third kappa shape index (κ3) is 4.32. The van der Waals surface area contributed by atoms with Gasteiger partial charge in [0.1, 0.15) is 0 Å². The largest absolute Gasteiger partial charge is 0.416 e. The highest BCUT2D eigenvalue weighted by atomic mass is 19.4. The molecule has 1 unspecified atom stereocenters. The normalized spacial score (nSPS) is 18.1. The molecule has 4 rings (SSSR count). The smallest absolute Gasteiger partial charge is 0.352 e. The predicted molar refractivity (Wildman–Crippen MR) is 112 cm³/mol. The monoisotopic (exact) mass is 445 g/mol. The number of carbonyl (C=O) groups is 3. The van der Waals surface area contributed by atoms with Crippen molar-refractivity contribution in [1.82, 2.24) is 5.32 Å². The van der Waals surface area contributed by atoms with Crippen molar-refractivity contribution < 1.29 is 27.6 Å². The molecule has 0 saturated carbocycles. The number of carbonyl (C=O) groups excluding carboxylic acids is 3. The number of nitrogens with one attached hydrogen (secondary N) is 1. The summed E-state index contributed by atoms with van der Waals surface area (Å²) in [6, 6.07) is 10.2. The van der Waals surface area contributed by atoms with Crippen LogP contribution in [0, 0.1) is 5.92 Å². The molecule has 9 heteroatoms. The molecule has 3 amide bonds. The van der Waals surface area contributed by atoms with Crippen LogP contribution < -0.4 is 15.1 Å². The number of fused-ring (bicyclic) bond motifs is 1. The van der Waals surface area contributed by atoms with Crippen molar-refractivity contribution in [1.29, 1.82) is 0 Å². The Hall–Kier alpha value is -3.36. The second-order valence-corrected chi connectivity index (χ2v) is 8.06. The lowest BCUT2D eigenvalue weighted by Crippen LogP contribution is -2.32. The first-order valence-corrected chi connectivity index (χ1v) is 10.3. The van der Waals surface area contributed by atoms with Crippen molar-refractivity contribution in [2.45, 2.75) is 32.5 Å². The van der Waals surface area contributed by atoms with Gasteiger partial charge in [-0.1, -0.05) is 12.1 Å². The van der Waals surface area contributed by atoms with Crippen LogP contribution in [0.3, 0.4) is 0 Å². The molecule has 168 valence electrons. The van der Waals surface area contributed by atoms with E-state index in [0.29, 0.717) is 24.2 Å². The fraction of sp³-hybridized carbons (Fsp3) is 0.348. The van der Waals surface area contributed by atoms with Crippen LogP contribution in [-0.2, 0) is 33.5 Å². The van der Waals surface area contributed by atoms with E-state index in [1.165, 1.54) is 19.1 Å². The van der Waals surface area contributed by atoms with Gasteiger partial charge in [-0.2, -0.15) is 13.2 Å². The maximum absolute atomic E-state index is 12.9. The van der Waals surface area contributed by atoms with Gasteiger partial charge in [0.15, 0.2) is 0 Å². The molecule has 0 spiro atoms. The van der Waals surface area contributed by atoms with E-state index < -0.39 is 17.7 Å². The van der Waals surface area contributed by atoms with E-state index in [-0.39, 0.29) is 37.2 Å². The third-order valence-electron chi connectivity index (χ3n) is 5.87. The lowest BCUT2D eigenvalue weighted by atomic mass is 10.1. The summed E-state index contributed by atoms with van der Waals surface area (Å²) in [5.74, 6) is -1.19. The second-order valence-electron chi connectivity index (χ2n) is 8.06. The summed E-state index contributed by atoms with van der Waals surface area (Å²) in [7, 11) is 0. The van der Waals surface area contributed by atoms with Crippen molar-refractivity contribution in [3.05, 3.63) is 59.2 Å². The molecule has 0 aromatic heterocycles. The minimum absolute atomic E-state index is 0.0328. The lowest BCUT2D eigenvalue weighted by Gasteiger charge is -2.19. The Kier molecular flexibility index (Phi) is 5.66. The van der Waals surface area contributed by atoms with Gasteiger partial charge in [0, 0.05) is 44.4 Å². The fourth-order valence-corrected chi connectivity index (χ4v) is 4.21. The topological polar surface area (TPSA) is 69.7 Å². The average molecular weight is 445 g/mol. The molecule has 2 aromatic rings. The van der Waals surface area contributed by atoms with Gasteiger partial charge in [0.05, 0.1) is 11.5 Å². The minimum Gasteiger partial charge on any atom is -0.352 e. The number of alkyl halides is 3. The Balaban J connectivity index is 1.40. The number of rotatable bonds is 4. The van der Waals surface area contributed by atoms with E-state index in [2.05, 4.69) is 5.32 Å². The average Bonchev–Trinajstić information content (AvgIpc) is 3.34. The van der Waals surface area contributed by atoms with Gasteiger partial charge in [-0.15, -0.1) is 0 Å². The summed E-state index contributed by atoms with van der Waals surface area (Å²) in [5.41, 5.74) is 2.05. The lowest BCUT2D eigenvalue weighted by molar-refractivity contribution is -0.137. The highest BCUT2D eigenvalue weighted by molar-refractivity contribution is 6.01. The van der Waals surface area contributed by atoms with E-state index >= 15 is 0 Å². The number of nitrogens with zero attached hydrogens (tertiary/aromatic N) is 2. The molecule has 0 radical (unpaired) electrons. The first-order chi connectivity index (χ1) is 15.1. The molecule has 0 aliphatic carbocycles. The van der Waals surface area contributed by atoms with E-state index in [1.54, 1.807) is 15.9 Å². The van der Waals surface area contributed by atoms with Crippen molar-refractivity contribution >= 4 is 29.1 Å². The molecule has 1 saturated heterocycles. The molecular formula is C23H22F3N3O3. The van der Waals surface area contributed by atoms with Gasteiger partial charge in [-0.05, 0) is 47.9 Å². The zero-order chi connectivity index (χ0) is 23.0. The summed E-state index contributed by atoms with van der Waals surface area (Å²) >= 11 is 0. The number of amides is 3. The Morgan fingerprint density at radius 2 is 1.94 bits per heavy atom. The Morgan fingerprint density at radius 3 is 2.66 bits per heavy atom. The standard InChI is InChI=1S/C23H22F3N3O3/c1-14(30)28-8-7-16-10-19(5-6-20(16)28)29-13-17(11-21(29)31)22(32)27-12-15-3-2-4-18(9-15)23(24,25)26/h2-6,9-10,17H,7-8,11-13H2,1H3,(H,27,32). The highest BCUT2D eigenvalue weighted by Crippen LogP contribution is 2.34. The summed E-state index contributed by atoms with van der Waals surface area (Å²) < 4.78 is 38.6. The summed E-state index contributed by atoms with van der Waals surface area (Å²) in [5, 5.41) is 2.64. The molecule has 1 fully saturated rings. The maximum Gasteiger partial charge on any atom is 0.416 e. The zero-order valence-corrected chi connectivity index (χ0v) is 17.4. The third-order valence-corrected chi connectivity index (χ3v) is 5.87. The van der Waals surface area contributed by atoms with Crippen LogP contribution >= 0.6 is 0 Å². The molecule has 1 atom stereocenters. The van der Waals surface area contributed by atoms with Crippen LogP contribution in [0.25, 0.3) is 0 Å². The maximum atomic E-state index is 12.9. The molecule has 2 heterocycles. The number of anilines is 2. The SMILES string of the molecule is CC(=O)N1CCc2cc(N3CC(C(=O)NCc4cccc(C(F)(F)F)c4)CC3=O)ccc21. The number of hydrogen-bond donors (Lipinski definition) is 1. The predicted octanol–water partition coefficient (Wildman–Crippen LogP) is 3.28. The number of hydrogen-bond acceptors (Lipinski definition) is 3. The van der Waals surface area contributed by atoms with Gasteiger partial charge >= 0.3 is 6.18 Å². The fourth-order valence-electron chi connectivity index (χ4n) is 4.21. The van der Waals surface area contributed by atoms with Crippen LogP contribution in [0.2, 0.25) is 0 Å². The Labute approximate surface area is 183 Å². The van der Waals surface area contributed by atoms with Gasteiger partial charge in [0.2, 0.25) is 17.7 Å². The van der Waals surface area contributed by atoms with Gasteiger partial charge in [-0.25, -0.2) is 0 Å².